The van der Waals surface area contributed by atoms with E-state index in [0.717, 1.165) is 6.42 Å². The lowest BCUT2D eigenvalue weighted by atomic mass is 10.2. The van der Waals surface area contributed by atoms with Gasteiger partial charge in [0.25, 0.3) is 0 Å². The molecule has 6 heteroatoms. The Morgan fingerprint density at radius 2 is 2.25 bits per heavy atom. The molecule has 2 aromatic heterocycles. The van der Waals surface area contributed by atoms with E-state index >= 15 is 0 Å². The number of hydrogen-bond donors (Lipinski definition) is 1. The molecule has 0 aliphatic heterocycles. The Balaban J connectivity index is 2.23. The molecule has 0 saturated heterocycles. The van der Waals surface area contributed by atoms with Gasteiger partial charge in [0.2, 0.25) is 5.88 Å². The van der Waals surface area contributed by atoms with Gasteiger partial charge in [0.05, 0.1) is 12.6 Å². The van der Waals surface area contributed by atoms with E-state index in [9.17, 15) is 0 Å². The van der Waals surface area contributed by atoms with Crippen LogP contribution >= 0.6 is 11.3 Å². The number of thiophene rings is 1. The molecule has 20 heavy (non-hydrogen) atoms. The van der Waals surface area contributed by atoms with Crippen LogP contribution in [-0.4, -0.2) is 23.6 Å². The highest BCUT2D eigenvalue weighted by atomic mass is 32.1. The summed E-state index contributed by atoms with van der Waals surface area (Å²) in [5.74, 6) is 1.16. The molecule has 0 radical (unpaired) electrons. The first-order valence-electron chi connectivity index (χ1n) is 6.64. The van der Waals surface area contributed by atoms with Gasteiger partial charge in [-0.3, -0.25) is 0 Å². The van der Waals surface area contributed by atoms with Crippen molar-refractivity contribution >= 4 is 22.8 Å². The Hall–Kier alpha value is -1.82. The molecular formula is C14H20N4OS. The second-order valence-electron chi connectivity index (χ2n) is 4.57. The van der Waals surface area contributed by atoms with Crippen LogP contribution in [0.3, 0.4) is 0 Å². The van der Waals surface area contributed by atoms with Crippen LogP contribution in [0.15, 0.2) is 23.8 Å². The van der Waals surface area contributed by atoms with E-state index in [1.807, 2.05) is 24.9 Å². The molecule has 108 valence electrons. The van der Waals surface area contributed by atoms with Gasteiger partial charge >= 0.3 is 0 Å². The molecule has 1 unspecified atom stereocenters. The van der Waals surface area contributed by atoms with Gasteiger partial charge in [0, 0.05) is 11.9 Å². The van der Waals surface area contributed by atoms with Gasteiger partial charge < -0.3 is 15.4 Å². The van der Waals surface area contributed by atoms with Crippen molar-refractivity contribution in [1.82, 2.24) is 9.97 Å². The van der Waals surface area contributed by atoms with Crippen molar-refractivity contribution in [3.63, 3.8) is 0 Å². The van der Waals surface area contributed by atoms with Crippen molar-refractivity contribution in [3.8, 4) is 5.88 Å². The molecule has 0 spiro atoms. The Bertz CT molecular complexity index is 544. The van der Waals surface area contributed by atoms with Crippen molar-refractivity contribution in [3.05, 3.63) is 28.7 Å². The molecule has 0 aliphatic rings. The summed E-state index contributed by atoms with van der Waals surface area (Å²) < 4.78 is 5.55. The number of nitrogens with zero attached hydrogens (tertiary/aromatic N) is 3. The minimum atomic E-state index is 0.200. The van der Waals surface area contributed by atoms with Gasteiger partial charge in [-0.25, -0.2) is 4.98 Å². The fraction of sp³-hybridized carbons (Fsp3) is 0.429. The number of ether oxygens (including phenoxy) is 1. The molecule has 5 nitrogen and oxygen atoms in total. The minimum absolute atomic E-state index is 0.200. The summed E-state index contributed by atoms with van der Waals surface area (Å²) in [6.45, 7) is 4.77. The maximum Gasteiger partial charge on any atom is 0.242 e. The summed E-state index contributed by atoms with van der Waals surface area (Å²) in [6.07, 6.45) is 2.41. The van der Waals surface area contributed by atoms with Gasteiger partial charge in [-0.2, -0.15) is 4.98 Å². The van der Waals surface area contributed by atoms with Crippen LogP contribution in [0.1, 0.15) is 31.2 Å². The van der Waals surface area contributed by atoms with Gasteiger partial charge in [0.15, 0.2) is 5.82 Å². The van der Waals surface area contributed by atoms with Gasteiger partial charge in [-0.1, -0.05) is 13.0 Å². The molecule has 0 bridgehead atoms. The third kappa shape index (κ3) is 3.01. The second kappa shape index (κ2) is 6.56. The Morgan fingerprint density at radius 1 is 1.45 bits per heavy atom. The highest BCUT2D eigenvalue weighted by Gasteiger charge is 2.19. The Morgan fingerprint density at radius 3 is 2.90 bits per heavy atom. The summed E-state index contributed by atoms with van der Waals surface area (Å²) in [7, 11) is 1.98. The lowest BCUT2D eigenvalue weighted by Crippen LogP contribution is -2.23. The standard InChI is InChI=1S/C14H20N4OS/c1-4-7-19-14-12(15)13(16-9-17-14)18(3)10(2)11-6-5-8-20-11/h5-6,8-10H,4,7,15H2,1-3H3. The van der Waals surface area contributed by atoms with Crippen molar-refractivity contribution in [1.29, 1.82) is 0 Å². The van der Waals surface area contributed by atoms with Crippen LogP contribution in [-0.2, 0) is 0 Å². The number of nitrogen functional groups attached to an aromatic ring is 1. The molecule has 0 aromatic carbocycles. The zero-order valence-corrected chi connectivity index (χ0v) is 12.9. The highest BCUT2D eigenvalue weighted by molar-refractivity contribution is 7.10. The number of anilines is 2. The molecule has 2 N–H and O–H groups in total. The van der Waals surface area contributed by atoms with Crippen molar-refractivity contribution in [2.45, 2.75) is 26.3 Å². The number of nitrogens with two attached hydrogens (primary N) is 1. The van der Waals surface area contributed by atoms with Crippen LogP contribution < -0.4 is 15.4 Å². The lowest BCUT2D eigenvalue weighted by molar-refractivity contribution is 0.306. The SMILES string of the molecule is CCCOc1ncnc(N(C)C(C)c2cccs2)c1N. The molecule has 1 atom stereocenters. The van der Waals surface area contributed by atoms with E-state index in [2.05, 4.69) is 28.3 Å². The lowest BCUT2D eigenvalue weighted by Gasteiger charge is -2.26. The first-order chi connectivity index (χ1) is 9.65. The molecule has 0 fully saturated rings. The molecule has 2 heterocycles. The summed E-state index contributed by atoms with van der Waals surface area (Å²) in [5, 5.41) is 2.07. The fourth-order valence-corrected chi connectivity index (χ4v) is 2.70. The Labute approximate surface area is 123 Å². The zero-order valence-electron chi connectivity index (χ0n) is 12.0. The van der Waals surface area contributed by atoms with Crippen molar-refractivity contribution in [2.75, 3.05) is 24.3 Å². The predicted octanol–water partition coefficient (Wildman–Crippen LogP) is 3.11. The van der Waals surface area contributed by atoms with E-state index in [-0.39, 0.29) is 6.04 Å². The smallest absolute Gasteiger partial charge is 0.242 e. The van der Waals surface area contributed by atoms with Crippen LogP contribution in [0.4, 0.5) is 11.5 Å². The monoisotopic (exact) mass is 292 g/mol. The second-order valence-corrected chi connectivity index (χ2v) is 5.55. The number of hydrogen-bond acceptors (Lipinski definition) is 6. The minimum Gasteiger partial charge on any atom is -0.476 e. The first-order valence-corrected chi connectivity index (χ1v) is 7.52. The molecule has 0 amide bonds. The maximum absolute atomic E-state index is 6.13. The van der Waals surface area contributed by atoms with Crippen LogP contribution in [0.5, 0.6) is 5.88 Å². The van der Waals surface area contributed by atoms with Gasteiger partial charge in [0.1, 0.15) is 12.0 Å². The third-order valence-electron chi connectivity index (χ3n) is 3.14. The van der Waals surface area contributed by atoms with Gasteiger partial charge in [-0.15, -0.1) is 11.3 Å². The van der Waals surface area contributed by atoms with Gasteiger partial charge in [-0.05, 0) is 24.8 Å². The zero-order chi connectivity index (χ0) is 14.5. The normalized spacial score (nSPS) is 12.2. The molecule has 0 aliphatic carbocycles. The van der Waals surface area contributed by atoms with E-state index in [1.165, 1.54) is 11.2 Å². The van der Waals surface area contributed by atoms with Crippen LogP contribution in [0.25, 0.3) is 0 Å². The summed E-state index contributed by atoms with van der Waals surface area (Å²) in [4.78, 5) is 11.7. The van der Waals surface area contributed by atoms with E-state index in [4.69, 9.17) is 10.5 Å². The maximum atomic E-state index is 6.13. The quantitative estimate of drug-likeness (QED) is 0.886. The summed E-state index contributed by atoms with van der Waals surface area (Å²) in [6, 6.07) is 4.35. The highest BCUT2D eigenvalue weighted by Crippen LogP contribution is 2.33. The average Bonchev–Trinajstić information content (AvgIpc) is 2.99. The molecule has 2 rings (SSSR count). The average molecular weight is 292 g/mol. The topological polar surface area (TPSA) is 64.3 Å². The van der Waals surface area contributed by atoms with Crippen molar-refractivity contribution in [2.24, 2.45) is 0 Å². The Kier molecular flexibility index (Phi) is 4.79. The fourth-order valence-electron chi connectivity index (χ4n) is 1.87. The predicted molar refractivity (Wildman–Crippen MR) is 83.4 cm³/mol. The molecular weight excluding hydrogens is 272 g/mol. The van der Waals surface area contributed by atoms with E-state index in [0.29, 0.717) is 24.0 Å². The van der Waals surface area contributed by atoms with E-state index in [1.54, 1.807) is 11.3 Å². The first kappa shape index (κ1) is 14.6. The summed E-state index contributed by atoms with van der Waals surface area (Å²) >= 11 is 1.72. The number of aromatic nitrogens is 2. The third-order valence-corrected chi connectivity index (χ3v) is 4.18. The van der Waals surface area contributed by atoms with Crippen molar-refractivity contribution < 1.29 is 4.74 Å². The van der Waals surface area contributed by atoms with Crippen LogP contribution in [0, 0.1) is 0 Å². The number of rotatable bonds is 6. The van der Waals surface area contributed by atoms with E-state index < -0.39 is 0 Å². The van der Waals surface area contributed by atoms with Crippen LogP contribution in [0.2, 0.25) is 0 Å². The molecule has 0 saturated carbocycles. The largest absolute Gasteiger partial charge is 0.476 e. The summed E-state index contributed by atoms with van der Waals surface area (Å²) in [5.41, 5.74) is 6.62. The molecule has 2 aromatic rings.